The molecule has 8 heteroatoms. The fourth-order valence-electron chi connectivity index (χ4n) is 5.95. The molecule has 0 radical (unpaired) electrons. The van der Waals surface area contributed by atoms with E-state index in [1.165, 1.54) is 14.2 Å². The quantitative estimate of drug-likeness (QED) is 0.143. The third-order valence-corrected chi connectivity index (χ3v) is 8.57. The predicted octanol–water partition coefficient (Wildman–Crippen LogP) is 9.12. The summed E-state index contributed by atoms with van der Waals surface area (Å²) in [5.74, 6) is -2.01. The van der Waals surface area contributed by atoms with Crippen LogP contribution < -0.4 is 9.47 Å². The number of ether oxygens (including phenoxy) is 2. The summed E-state index contributed by atoms with van der Waals surface area (Å²) in [4.78, 5) is 27.8. The smallest absolute Gasteiger partial charge is 0.389 e. The number of methoxy groups -OCH3 is 2. The average Bonchev–Trinajstić information content (AvgIpc) is 3.59. The molecule has 2 atom stereocenters. The minimum atomic E-state index is -4.42. The molecule has 0 aliphatic heterocycles. The zero-order chi connectivity index (χ0) is 30.7. The summed E-state index contributed by atoms with van der Waals surface area (Å²) in [6.45, 7) is 1.89. The van der Waals surface area contributed by atoms with Crippen LogP contribution in [0, 0.1) is 12.8 Å². The van der Waals surface area contributed by atoms with Gasteiger partial charge in [0.2, 0.25) is 0 Å². The van der Waals surface area contributed by atoms with Crippen molar-refractivity contribution >= 4 is 44.4 Å². The van der Waals surface area contributed by atoms with Gasteiger partial charge in [-0.25, -0.2) is 0 Å². The summed E-state index contributed by atoms with van der Waals surface area (Å²) in [5.41, 5.74) is 2.19. The van der Waals surface area contributed by atoms with Crippen LogP contribution in [0.4, 0.5) is 13.2 Å². The number of ketones is 2. The molecule has 1 heterocycles. The van der Waals surface area contributed by atoms with Crippen LogP contribution >= 0.6 is 11.3 Å². The van der Waals surface area contributed by atoms with Gasteiger partial charge in [0.15, 0.2) is 11.6 Å². The minimum Gasteiger partial charge on any atom is -0.497 e. The third kappa shape index (κ3) is 6.30. The van der Waals surface area contributed by atoms with Crippen molar-refractivity contribution in [1.29, 1.82) is 0 Å². The molecule has 2 unspecified atom stereocenters. The normalized spacial score (nSPS) is 16.5. The predicted molar refractivity (Wildman–Crippen MR) is 165 cm³/mol. The Bertz CT molecular complexity index is 1760. The second-order valence-corrected chi connectivity index (χ2v) is 11.4. The molecule has 5 aromatic rings. The van der Waals surface area contributed by atoms with Crippen molar-refractivity contribution in [1.82, 2.24) is 0 Å². The summed E-state index contributed by atoms with van der Waals surface area (Å²) in [5, 5.41) is 7.57. The van der Waals surface area contributed by atoms with Gasteiger partial charge in [-0.15, -0.1) is 0 Å². The van der Waals surface area contributed by atoms with Gasteiger partial charge in [-0.05, 0) is 74.8 Å². The van der Waals surface area contributed by atoms with Crippen molar-refractivity contribution in [2.24, 2.45) is 5.92 Å². The first-order valence-electron chi connectivity index (χ1n) is 13.9. The highest BCUT2D eigenvalue weighted by Gasteiger charge is 2.43. The van der Waals surface area contributed by atoms with E-state index in [9.17, 15) is 22.8 Å². The van der Waals surface area contributed by atoms with Crippen LogP contribution in [0.25, 0.3) is 21.5 Å². The number of benzene rings is 4. The number of aryl methyl sites for hydroxylation is 1. The second kappa shape index (κ2) is 12.6. The third-order valence-electron chi connectivity index (χ3n) is 7.94. The summed E-state index contributed by atoms with van der Waals surface area (Å²) >= 11 is 1.71. The highest BCUT2D eigenvalue weighted by atomic mass is 32.1. The second-order valence-electron chi connectivity index (χ2n) is 10.6. The number of hydrogen-bond donors (Lipinski definition) is 0. The Balaban J connectivity index is 0.000000668. The van der Waals surface area contributed by atoms with Crippen molar-refractivity contribution in [3.05, 3.63) is 106 Å². The van der Waals surface area contributed by atoms with Crippen molar-refractivity contribution in [3.63, 3.8) is 0 Å². The molecular weight excluding hydrogens is 573 g/mol. The fourth-order valence-corrected chi connectivity index (χ4v) is 6.40. The summed E-state index contributed by atoms with van der Waals surface area (Å²) in [6.07, 6.45) is -5.91. The number of carbonyl (C=O) groups is 2. The molecule has 222 valence electrons. The summed E-state index contributed by atoms with van der Waals surface area (Å²) in [6, 6.07) is 22.4. The minimum absolute atomic E-state index is 0.0236. The first-order chi connectivity index (χ1) is 20.6. The molecule has 0 spiro atoms. The Hall–Kier alpha value is -4.17. The Morgan fingerprint density at radius 3 is 2.23 bits per heavy atom. The monoisotopic (exact) mass is 604 g/mol. The van der Waals surface area contributed by atoms with Gasteiger partial charge in [0.1, 0.15) is 11.5 Å². The fraction of sp³-hybridized carbons (Fsp3) is 0.257. The molecule has 0 saturated heterocycles. The highest BCUT2D eigenvalue weighted by molar-refractivity contribution is 7.07. The molecule has 1 aliphatic carbocycles. The standard InChI is InChI=1S/C31H27F3O4.C4H4S/c1-17-14-18-6-4-5-7-21(18)22-10-11-23-24(12-13-31(32,33)34)29(35)25(30(36)28(23)27(17)22)15-19-8-9-20(37-2)16-26(19)38-3;1-2-4-5-3-1/h4-11,14,16,24-25H,12-13,15H2,1-3H3;1-4H. The van der Waals surface area contributed by atoms with Gasteiger partial charge in [0, 0.05) is 24.0 Å². The van der Waals surface area contributed by atoms with E-state index in [2.05, 4.69) is 0 Å². The van der Waals surface area contributed by atoms with Crippen LogP contribution in [-0.2, 0) is 11.2 Å². The first-order valence-corrected chi connectivity index (χ1v) is 14.8. The maximum Gasteiger partial charge on any atom is 0.389 e. The van der Waals surface area contributed by atoms with Crippen LogP contribution in [0.15, 0.2) is 83.6 Å². The molecule has 0 bridgehead atoms. The molecular formula is C35H31F3O4S. The Kier molecular flexibility index (Phi) is 8.87. The lowest BCUT2D eigenvalue weighted by Crippen LogP contribution is -2.37. The lowest BCUT2D eigenvalue weighted by atomic mass is 9.69. The molecule has 0 saturated carbocycles. The average molecular weight is 605 g/mol. The molecule has 0 amide bonds. The van der Waals surface area contributed by atoms with E-state index in [4.69, 9.17) is 9.47 Å². The van der Waals surface area contributed by atoms with E-state index in [-0.39, 0.29) is 12.2 Å². The number of hydrogen-bond acceptors (Lipinski definition) is 5. The van der Waals surface area contributed by atoms with Crippen LogP contribution in [0.1, 0.15) is 45.8 Å². The van der Waals surface area contributed by atoms with Crippen molar-refractivity contribution in [2.75, 3.05) is 14.2 Å². The van der Waals surface area contributed by atoms with Crippen LogP contribution in [-0.4, -0.2) is 32.0 Å². The van der Waals surface area contributed by atoms with Gasteiger partial charge in [-0.2, -0.15) is 24.5 Å². The zero-order valence-electron chi connectivity index (χ0n) is 24.0. The maximum atomic E-state index is 14.1. The SMILES string of the molecule is COc1ccc(CC2C(=O)c3c(ccc4c3c(C)cc3ccccc34)C(CCC(F)(F)F)C2=O)c(OC)c1.c1ccsc1. The maximum absolute atomic E-state index is 14.1. The highest BCUT2D eigenvalue weighted by Crippen LogP contribution is 2.44. The molecule has 1 aromatic heterocycles. The van der Waals surface area contributed by atoms with Gasteiger partial charge >= 0.3 is 6.18 Å². The van der Waals surface area contributed by atoms with Crippen LogP contribution in [0.2, 0.25) is 0 Å². The van der Waals surface area contributed by atoms with E-state index in [0.717, 1.165) is 21.7 Å². The van der Waals surface area contributed by atoms with Crippen molar-refractivity contribution in [3.8, 4) is 11.5 Å². The Morgan fingerprint density at radius 2 is 1.58 bits per heavy atom. The lowest BCUT2D eigenvalue weighted by molar-refractivity contribution is -0.138. The number of alkyl halides is 3. The Morgan fingerprint density at radius 1 is 0.837 bits per heavy atom. The van der Waals surface area contributed by atoms with E-state index < -0.39 is 36.6 Å². The molecule has 4 aromatic carbocycles. The topological polar surface area (TPSA) is 52.6 Å². The van der Waals surface area contributed by atoms with E-state index in [0.29, 0.717) is 33.6 Å². The van der Waals surface area contributed by atoms with E-state index in [1.54, 1.807) is 35.6 Å². The van der Waals surface area contributed by atoms with Crippen LogP contribution in [0.5, 0.6) is 11.5 Å². The molecule has 0 N–H and O–H groups in total. The van der Waals surface area contributed by atoms with Gasteiger partial charge in [-0.3, -0.25) is 9.59 Å². The summed E-state index contributed by atoms with van der Waals surface area (Å²) < 4.78 is 50.6. The summed E-state index contributed by atoms with van der Waals surface area (Å²) in [7, 11) is 2.99. The number of carbonyl (C=O) groups excluding carboxylic acids is 2. The number of Topliss-reactive ketones (excluding diaryl/α,β-unsaturated/α-hetero) is 2. The molecule has 43 heavy (non-hydrogen) atoms. The van der Waals surface area contributed by atoms with Gasteiger partial charge in [0.25, 0.3) is 0 Å². The number of rotatable bonds is 6. The van der Waals surface area contributed by atoms with E-state index in [1.807, 2.05) is 66.2 Å². The molecule has 6 rings (SSSR count). The number of thiophene rings is 1. The van der Waals surface area contributed by atoms with Crippen molar-refractivity contribution in [2.45, 2.75) is 38.3 Å². The number of halogens is 3. The molecule has 1 aliphatic rings. The molecule has 4 nitrogen and oxygen atoms in total. The Labute approximate surface area is 252 Å². The zero-order valence-corrected chi connectivity index (χ0v) is 24.9. The van der Waals surface area contributed by atoms with Crippen molar-refractivity contribution < 1.29 is 32.2 Å². The first kappa shape index (κ1) is 30.3. The largest absolute Gasteiger partial charge is 0.497 e. The lowest BCUT2D eigenvalue weighted by Gasteiger charge is -2.31. The van der Waals surface area contributed by atoms with Crippen LogP contribution in [0.3, 0.4) is 0 Å². The van der Waals surface area contributed by atoms with Gasteiger partial charge < -0.3 is 9.47 Å². The van der Waals surface area contributed by atoms with E-state index >= 15 is 0 Å². The van der Waals surface area contributed by atoms with Gasteiger partial charge in [0.05, 0.1) is 20.1 Å². The number of fused-ring (bicyclic) bond motifs is 5. The van der Waals surface area contributed by atoms with Gasteiger partial charge in [-0.1, -0.05) is 60.7 Å². The molecule has 0 fully saturated rings.